The molecule has 2 aromatic carbocycles. The van der Waals surface area contributed by atoms with E-state index in [-0.39, 0.29) is 37.0 Å². The Kier molecular flexibility index (Phi) is 12.7. The van der Waals surface area contributed by atoms with Gasteiger partial charge >= 0.3 is 5.97 Å². The molecular formula is C32H42N4O7. The second kappa shape index (κ2) is 16.4. The lowest BCUT2D eigenvalue weighted by Crippen LogP contribution is -2.58. The first-order valence-corrected chi connectivity index (χ1v) is 14.7. The zero-order valence-corrected chi connectivity index (χ0v) is 24.7. The summed E-state index contributed by atoms with van der Waals surface area (Å²) in [6.45, 7) is 4.42. The number of piperidine rings is 1. The van der Waals surface area contributed by atoms with E-state index in [1.165, 1.54) is 0 Å². The summed E-state index contributed by atoms with van der Waals surface area (Å²) in [5.41, 5.74) is 1.55. The number of rotatable bonds is 14. The molecule has 5 N–H and O–H groups in total. The molecule has 0 bridgehead atoms. The number of carboxylic acids is 1. The average molecular weight is 595 g/mol. The van der Waals surface area contributed by atoms with Crippen molar-refractivity contribution in [2.75, 3.05) is 13.1 Å². The number of hydrogen-bond acceptors (Lipinski definition) is 6. The highest BCUT2D eigenvalue weighted by molar-refractivity contribution is 5.96. The molecule has 11 heteroatoms. The molecule has 43 heavy (non-hydrogen) atoms. The van der Waals surface area contributed by atoms with Gasteiger partial charge in [-0.15, -0.1) is 0 Å². The van der Waals surface area contributed by atoms with Crippen LogP contribution in [0.4, 0.5) is 0 Å². The molecule has 3 atom stereocenters. The molecular weight excluding hydrogens is 552 g/mol. The molecule has 1 heterocycles. The van der Waals surface area contributed by atoms with Gasteiger partial charge in [0.25, 0.3) is 0 Å². The van der Waals surface area contributed by atoms with Gasteiger partial charge in [-0.1, -0.05) is 74.5 Å². The maximum absolute atomic E-state index is 13.5. The lowest BCUT2D eigenvalue weighted by molar-refractivity contribution is -0.142. The van der Waals surface area contributed by atoms with Crippen LogP contribution in [-0.4, -0.2) is 82.0 Å². The first kappa shape index (κ1) is 33.3. The molecule has 0 radical (unpaired) electrons. The van der Waals surface area contributed by atoms with Gasteiger partial charge in [-0.05, 0) is 36.3 Å². The van der Waals surface area contributed by atoms with Crippen molar-refractivity contribution in [3.8, 4) is 0 Å². The monoisotopic (exact) mass is 594 g/mol. The van der Waals surface area contributed by atoms with Gasteiger partial charge in [0, 0.05) is 19.5 Å². The Bertz CT molecular complexity index is 1230. The predicted octanol–water partition coefficient (Wildman–Crippen LogP) is 1.43. The van der Waals surface area contributed by atoms with Gasteiger partial charge in [0.2, 0.25) is 23.6 Å². The zero-order valence-electron chi connectivity index (χ0n) is 24.7. The molecule has 1 fully saturated rings. The number of likely N-dealkylation sites (tertiary alicyclic amines) is 1. The van der Waals surface area contributed by atoms with Crippen LogP contribution < -0.4 is 16.0 Å². The normalized spacial score (nSPS) is 15.7. The summed E-state index contributed by atoms with van der Waals surface area (Å²) in [7, 11) is 0. The number of nitrogens with zero attached hydrogens (tertiary/aromatic N) is 1. The van der Waals surface area contributed by atoms with Crippen molar-refractivity contribution < 1.29 is 34.2 Å². The number of nitrogens with one attached hydrogen (secondary N) is 3. The molecule has 0 unspecified atom stereocenters. The third-order valence-electron chi connectivity index (χ3n) is 7.25. The quantitative estimate of drug-likeness (QED) is 0.221. The standard InChI is InChI=1S/C32H42N4O7/c1-21(2)17-25(33-28(38)19-23-11-7-4-8-12-23)30(41)34-26(20-29(39)40)31(42)35-27(18-22-9-5-3-6-10-22)32(43)36-15-13-24(37)14-16-36/h3-12,21,24-27,37H,13-20H2,1-2H3,(H,33,38)(H,34,41)(H,35,42)(H,39,40)/t25-,26-,27-/m0/s1. The third-order valence-corrected chi connectivity index (χ3v) is 7.25. The van der Waals surface area contributed by atoms with E-state index in [0.29, 0.717) is 25.9 Å². The minimum Gasteiger partial charge on any atom is -0.481 e. The van der Waals surface area contributed by atoms with Crippen molar-refractivity contribution in [3.05, 3.63) is 71.8 Å². The number of aliphatic carboxylic acids is 1. The highest BCUT2D eigenvalue weighted by atomic mass is 16.4. The fourth-order valence-electron chi connectivity index (χ4n) is 5.01. The maximum Gasteiger partial charge on any atom is 0.305 e. The molecule has 1 aliphatic heterocycles. The Balaban J connectivity index is 1.75. The van der Waals surface area contributed by atoms with E-state index in [1.807, 2.05) is 50.2 Å². The Morgan fingerprint density at radius 1 is 0.791 bits per heavy atom. The molecule has 1 aliphatic rings. The molecule has 232 valence electrons. The van der Waals surface area contributed by atoms with E-state index in [9.17, 15) is 34.2 Å². The van der Waals surface area contributed by atoms with Crippen LogP contribution in [0, 0.1) is 5.92 Å². The molecule has 3 rings (SSSR count). The van der Waals surface area contributed by atoms with E-state index in [2.05, 4.69) is 16.0 Å². The Labute approximate surface area is 252 Å². The van der Waals surface area contributed by atoms with Gasteiger partial charge in [-0.25, -0.2) is 0 Å². The van der Waals surface area contributed by atoms with Crippen LogP contribution in [-0.2, 0) is 36.8 Å². The van der Waals surface area contributed by atoms with E-state index in [1.54, 1.807) is 29.2 Å². The lowest BCUT2D eigenvalue weighted by Gasteiger charge is -2.33. The molecule has 0 spiro atoms. The highest BCUT2D eigenvalue weighted by Gasteiger charge is 2.33. The summed E-state index contributed by atoms with van der Waals surface area (Å²) in [5, 5.41) is 27.3. The van der Waals surface area contributed by atoms with Crippen LogP contribution in [0.1, 0.15) is 50.7 Å². The number of hydrogen-bond donors (Lipinski definition) is 5. The third kappa shape index (κ3) is 11.2. The van der Waals surface area contributed by atoms with Crippen LogP contribution in [0.5, 0.6) is 0 Å². The van der Waals surface area contributed by atoms with Gasteiger partial charge in [0.05, 0.1) is 18.9 Å². The topological polar surface area (TPSA) is 165 Å². The molecule has 4 amide bonds. The van der Waals surface area contributed by atoms with Crippen molar-refractivity contribution in [1.82, 2.24) is 20.9 Å². The van der Waals surface area contributed by atoms with E-state index in [4.69, 9.17) is 0 Å². The van der Waals surface area contributed by atoms with Gasteiger partial charge in [0.1, 0.15) is 18.1 Å². The number of carbonyl (C=O) groups excluding carboxylic acids is 4. The van der Waals surface area contributed by atoms with Gasteiger partial charge in [-0.2, -0.15) is 0 Å². The molecule has 0 aromatic heterocycles. The average Bonchev–Trinajstić information content (AvgIpc) is 2.96. The smallest absolute Gasteiger partial charge is 0.305 e. The number of aliphatic hydroxyl groups excluding tert-OH is 1. The van der Waals surface area contributed by atoms with Gasteiger partial charge in [0.15, 0.2) is 0 Å². The van der Waals surface area contributed by atoms with Crippen LogP contribution >= 0.6 is 0 Å². The molecule has 1 saturated heterocycles. The van der Waals surface area contributed by atoms with Crippen molar-refractivity contribution in [3.63, 3.8) is 0 Å². The summed E-state index contributed by atoms with van der Waals surface area (Å²) in [6.07, 6.45) is 0.108. The van der Waals surface area contributed by atoms with E-state index >= 15 is 0 Å². The largest absolute Gasteiger partial charge is 0.481 e. The van der Waals surface area contributed by atoms with Crippen molar-refractivity contribution in [2.24, 2.45) is 5.92 Å². The van der Waals surface area contributed by atoms with Crippen molar-refractivity contribution in [2.45, 2.75) is 76.6 Å². The summed E-state index contributed by atoms with van der Waals surface area (Å²) in [6, 6.07) is 14.6. The molecule has 0 aliphatic carbocycles. The summed E-state index contributed by atoms with van der Waals surface area (Å²) < 4.78 is 0. The van der Waals surface area contributed by atoms with Crippen LogP contribution in [0.3, 0.4) is 0 Å². The van der Waals surface area contributed by atoms with Gasteiger partial charge in [-0.3, -0.25) is 24.0 Å². The minimum atomic E-state index is -1.49. The van der Waals surface area contributed by atoms with Crippen LogP contribution in [0.15, 0.2) is 60.7 Å². The van der Waals surface area contributed by atoms with Crippen LogP contribution in [0.25, 0.3) is 0 Å². The lowest BCUT2D eigenvalue weighted by atomic mass is 10.0. The first-order chi connectivity index (χ1) is 20.5. The van der Waals surface area contributed by atoms with Crippen molar-refractivity contribution in [1.29, 1.82) is 0 Å². The Hall–Kier alpha value is -4.25. The zero-order chi connectivity index (χ0) is 31.4. The SMILES string of the molecule is CC(C)C[C@H](NC(=O)Cc1ccccc1)C(=O)N[C@@H](CC(=O)O)C(=O)N[C@@H](Cc1ccccc1)C(=O)N1CCC(O)CC1. The number of amides is 4. The molecule has 2 aromatic rings. The molecule has 11 nitrogen and oxygen atoms in total. The van der Waals surface area contributed by atoms with Crippen molar-refractivity contribution >= 4 is 29.6 Å². The number of carbonyl (C=O) groups is 5. The Morgan fingerprint density at radius 3 is 1.88 bits per heavy atom. The summed E-state index contributed by atoms with van der Waals surface area (Å²) in [5.74, 6) is -3.55. The fraction of sp³-hybridized carbons (Fsp3) is 0.469. The minimum absolute atomic E-state index is 0.00969. The predicted molar refractivity (Wildman–Crippen MR) is 160 cm³/mol. The van der Waals surface area contributed by atoms with Gasteiger partial charge < -0.3 is 31.1 Å². The summed E-state index contributed by atoms with van der Waals surface area (Å²) >= 11 is 0. The van der Waals surface area contributed by atoms with Crippen LogP contribution in [0.2, 0.25) is 0 Å². The number of benzene rings is 2. The Morgan fingerprint density at radius 2 is 1.33 bits per heavy atom. The number of aliphatic hydroxyl groups is 1. The van der Waals surface area contributed by atoms with E-state index in [0.717, 1.165) is 11.1 Å². The maximum atomic E-state index is 13.5. The first-order valence-electron chi connectivity index (χ1n) is 14.7. The number of carboxylic acid groups (broad SMARTS) is 1. The molecule has 0 saturated carbocycles. The second-order valence-electron chi connectivity index (χ2n) is 11.4. The second-order valence-corrected chi connectivity index (χ2v) is 11.4. The fourth-order valence-corrected chi connectivity index (χ4v) is 5.01. The summed E-state index contributed by atoms with van der Waals surface area (Å²) in [4.78, 5) is 66.4. The highest BCUT2D eigenvalue weighted by Crippen LogP contribution is 2.14. The van der Waals surface area contributed by atoms with E-state index < -0.39 is 48.4 Å².